The van der Waals surface area contributed by atoms with Crippen molar-refractivity contribution in [1.82, 2.24) is 4.31 Å². The molecule has 0 spiro atoms. The number of rotatable bonds is 3. The lowest BCUT2D eigenvalue weighted by molar-refractivity contribution is -0.140. The van der Waals surface area contributed by atoms with Crippen LogP contribution < -0.4 is 0 Å². The highest BCUT2D eigenvalue weighted by Crippen LogP contribution is 2.30. The van der Waals surface area contributed by atoms with Crippen molar-refractivity contribution in [2.45, 2.75) is 10.3 Å². The molecule has 5 nitrogen and oxygen atoms in total. The van der Waals surface area contributed by atoms with E-state index in [9.17, 15) is 13.2 Å². The molecular weight excluding hydrogens is 270 g/mol. The summed E-state index contributed by atoms with van der Waals surface area (Å²) < 4.78 is 25.4. The number of hydrogen-bond acceptors (Lipinski definition) is 5. The van der Waals surface area contributed by atoms with Gasteiger partial charge in [-0.05, 0) is 11.4 Å². The van der Waals surface area contributed by atoms with Crippen molar-refractivity contribution in [2.24, 2.45) is 0 Å². The first-order chi connectivity index (χ1) is 7.53. The van der Waals surface area contributed by atoms with Gasteiger partial charge in [-0.25, -0.2) is 8.42 Å². The van der Waals surface area contributed by atoms with Gasteiger partial charge in [0.15, 0.2) is 0 Å². The fourth-order valence-corrected chi connectivity index (χ4v) is 5.64. The highest BCUT2D eigenvalue weighted by Gasteiger charge is 2.40. The SMILES string of the molecule is O=C(O)[C@@H]1CSCN1S(=O)(=O)c1cccs1. The Kier molecular flexibility index (Phi) is 3.24. The summed E-state index contributed by atoms with van der Waals surface area (Å²) in [4.78, 5) is 10.9. The standard InChI is InChI=1S/C8H9NO4S3/c10-8(11)6-4-14-5-9(6)16(12,13)7-2-1-3-15-7/h1-3,6H,4-5H2,(H,10,11)/t6-/m0/s1. The predicted octanol–water partition coefficient (Wildman–Crippen LogP) is 0.896. The Balaban J connectivity index is 2.34. The van der Waals surface area contributed by atoms with E-state index in [-0.39, 0.29) is 10.1 Å². The van der Waals surface area contributed by atoms with Crippen LogP contribution in [-0.4, -0.2) is 41.5 Å². The lowest BCUT2D eigenvalue weighted by atomic mass is 10.4. The Morgan fingerprint density at radius 2 is 2.31 bits per heavy atom. The van der Waals surface area contributed by atoms with Gasteiger partial charge in [-0.1, -0.05) is 6.07 Å². The van der Waals surface area contributed by atoms with Crippen LogP contribution in [0.4, 0.5) is 0 Å². The molecule has 0 saturated carbocycles. The molecule has 0 amide bonds. The summed E-state index contributed by atoms with van der Waals surface area (Å²) in [5, 5.41) is 10.6. The molecule has 1 aliphatic heterocycles. The average molecular weight is 279 g/mol. The van der Waals surface area contributed by atoms with Crippen molar-refractivity contribution in [3.8, 4) is 0 Å². The molecule has 1 fully saturated rings. The van der Waals surface area contributed by atoms with Crippen LogP contribution in [0.1, 0.15) is 0 Å². The molecule has 0 aliphatic carbocycles. The maximum atomic E-state index is 12.1. The third-order valence-corrected chi connectivity index (χ3v) is 6.59. The van der Waals surface area contributed by atoms with E-state index in [1.54, 1.807) is 11.4 Å². The molecule has 0 aromatic carbocycles. The highest BCUT2D eigenvalue weighted by molar-refractivity contribution is 8.01. The molecule has 2 rings (SSSR count). The molecule has 0 unspecified atom stereocenters. The number of thiophene rings is 1. The molecule has 1 aromatic heterocycles. The van der Waals surface area contributed by atoms with Gasteiger partial charge >= 0.3 is 5.97 Å². The van der Waals surface area contributed by atoms with Crippen LogP contribution >= 0.6 is 23.1 Å². The largest absolute Gasteiger partial charge is 0.480 e. The summed E-state index contributed by atoms with van der Waals surface area (Å²) >= 11 is 2.41. The fourth-order valence-electron chi connectivity index (χ4n) is 1.38. The van der Waals surface area contributed by atoms with E-state index in [0.717, 1.165) is 15.6 Å². The monoisotopic (exact) mass is 279 g/mol. The zero-order valence-corrected chi connectivity index (χ0v) is 10.5. The third-order valence-electron chi connectivity index (χ3n) is 2.18. The van der Waals surface area contributed by atoms with E-state index < -0.39 is 22.0 Å². The van der Waals surface area contributed by atoms with Crippen molar-refractivity contribution in [1.29, 1.82) is 0 Å². The number of sulfonamides is 1. The molecule has 1 N–H and O–H groups in total. The Morgan fingerprint density at radius 1 is 1.56 bits per heavy atom. The average Bonchev–Trinajstić information content (AvgIpc) is 2.89. The Hall–Kier alpha value is -0.570. The lowest BCUT2D eigenvalue weighted by Gasteiger charge is -2.18. The van der Waals surface area contributed by atoms with Crippen molar-refractivity contribution in [2.75, 3.05) is 11.6 Å². The van der Waals surface area contributed by atoms with Crippen molar-refractivity contribution < 1.29 is 18.3 Å². The Morgan fingerprint density at radius 3 is 2.88 bits per heavy atom. The molecule has 0 radical (unpaired) electrons. The summed E-state index contributed by atoms with van der Waals surface area (Å²) in [6.07, 6.45) is 0. The Bertz CT molecular complexity index is 481. The van der Waals surface area contributed by atoms with Gasteiger partial charge in [0, 0.05) is 5.75 Å². The number of aliphatic carboxylic acids is 1. The summed E-state index contributed by atoms with van der Waals surface area (Å²) in [7, 11) is -3.64. The fraction of sp³-hybridized carbons (Fsp3) is 0.375. The van der Waals surface area contributed by atoms with Gasteiger partial charge in [-0.3, -0.25) is 4.79 Å². The summed E-state index contributed by atoms with van der Waals surface area (Å²) in [5.41, 5.74) is 0. The second-order valence-electron chi connectivity index (χ2n) is 3.18. The predicted molar refractivity (Wildman–Crippen MR) is 62.1 cm³/mol. The zero-order valence-electron chi connectivity index (χ0n) is 8.07. The van der Waals surface area contributed by atoms with E-state index in [0.29, 0.717) is 5.75 Å². The molecule has 1 aromatic rings. The molecule has 1 atom stereocenters. The minimum Gasteiger partial charge on any atom is -0.480 e. The minimum atomic E-state index is -3.64. The number of hydrogen-bond donors (Lipinski definition) is 1. The van der Waals surface area contributed by atoms with E-state index in [4.69, 9.17) is 5.11 Å². The molecule has 8 heteroatoms. The van der Waals surface area contributed by atoms with Gasteiger partial charge in [-0.2, -0.15) is 4.31 Å². The van der Waals surface area contributed by atoms with Crippen LogP contribution in [0, 0.1) is 0 Å². The number of nitrogens with zero attached hydrogens (tertiary/aromatic N) is 1. The second-order valence-corrected chi connectivity index (χ2v) is 7.24. The van der Waals surface area contributed by atoms with Gasteiger partial charge in [0.1, 0.15) is 10.3 Å². The van der Waals surface area contributed by atoms with Gasteiger partial charge < -0.3 is 5.11 Å². The van der Waals surface area contributed by atoms with Gasteiger partial charge in [0.2, 0.25) is 0 Å². The van der Waals surface area contributed by atoms with Crippen LogP contribution in [0.3, 0.4) is 0 Å². The summed E-state index contributed by atoms with van der Waals surface area (Å²) in [6.45, 7) is 0. The van der Waals surface area contributed by atoms with Crippen molar-refractivity contribution >= 4 is 39.1 Å². The van der Waals surface area contributed by atoms with Gasteiger partial charge in [0.25, 0.3) is 10.0 Å². The normalized spacial score (nSPS) is 22.4. The third kappa shape index (κ3) is 1.97. The number of thioether (sulfide) groups is 1. The molecule has 1 aliphatic rings. The smallest absolute Gasteiger partial charge is 0.322 e. The molecule has 0 bridgehead atoms. The molecule has 1 saturated heterocycles. The lowest BCUT2D eigenvalue weighted by Crippen LogP contribution is -2.41. The van der Waals surface area contributed by atoms with Crippen LogP contribution in [-0.2, 0) is 14.8 Å². The molecule has 88 valence electrons. The van der Waals surface area contributed by atoms with E-state index in [1.807, 2.05) is 0 Å². The summed E-state index contributed by atoms with van der Waals surface area (Å²) in [6, 6.07) is 2.18. The van der Waals surface area contributed by atoms with Gasteiger partial charge in [-0.15, -0.1) is 23.1 Å². The van der Waals surface area contributed by atoms with Crippen LogP contribution in [0.5, 0.6) is 0 Å². The van der Waals surface area contributed by atoms with Crippen LogP contribution in [0.25, 0.3) is 0 Å². The van der Waals surface area contributed by atoms with Crippen LogP contribution in [0.2, 0.25) is 0 Å². The zero-order chi connectivity index (χ0) is 11.8. The van der Waals surface area contributed by atoms with Crippen LogP contribution in [0.15, 0.2) is 21.7 Å². The minimum absolute atomic E-state index is 0.196. The molecule has 16 heavy (non-hydrogen) atoms. The van der Waals surface area contributed by atoms with E-state index >= 15 is 0 Å². The quantitative estimate of drug-likeness (QED) is 0.889. The maximum absolute atomic E-state index is 12.1. The van der Waals surface area contributed by atoms with Crippen molar-refractivity contribution in [3.63, 3.8) is 0 Å². The first-order valence-corrected chi connectivity index (χ1v) is 7.87. The topological polar surface area (TPSA) is 74.7 Å². The van der Waals surface area contributed by atoms with E-state index in [2.05, 4.69) is 0 Å². The number of carboxylic acid groups (broad SMARTS) is 1. The molecule has 2 heterocycles. The van der Waals surface area contributed by atoms with E-state index in [1.165, 1.54) is 17.8 Å². The second kappa shape index (κ2) is 4.36. The maximum Gasteiger partial charge on any atom is 0.322 e. The van der Waals surface area contributed by atoms with Gasteiger partial charge in [0.05, 0.1) is 5.88 Å². The first kappa shape index (κ1) is 11.9. The van der Waals surface area contributed by atoms with Crippen molar-refractivity contribution in [3.05, 3.63) is 17.5 Å². The highest BCUT2D eigenvalue weighted by atomic mass is 32.2. The summed E-state index contributed by atoms with van der Waals surface area (Å²) in [5.74, 6) is -0.581. The molecular formula is C8H9NO4S3. The Labute approximate surface area is 101 Å². The number of carbonyl (C=O) groups is 1. The first-order valence-electron chi connectivity index (χ1n) is 4.39. The number of carboxylic acids is 1.